The van der Waals surface area contributed by atoms with E-state index in [1.165, 1.54) is 10.5 Å². The lowest BCUT2D eigenvalue weighted by Crippen LogP contribution is -2.45. The van der Waals surface area contributed by atoms with Gasteiger partial charge in [0, 0.05) is 31.6 Å². The first-order chi connectivity index (χ1) is 10.1. The van der Waals surface area contributed by atoms with Crippen LogP contribution in [0.5, 0.6) is 0 Å². The predicted molar refractivity (Wildman–Crippen MR) is 92.2 cm³/mol. The Labute approximate surface area is 132 Å². The van der Waals surface area contributed by atoms with Crippen molar-refractivity contribution < 1.29 is 0 Å². The summed E-state index contributed by atoms with van der Waals surface area (Å²) >= 11 is 1.78. The standard InChI is InChI=1S/C16H26N4S/c1-19(2)15(13-6-8-14(21-4)9-7-13)12-18-16-17-10-5-11-20(16)3/h6-9,15H,5,10-12H2,1-4H3,(H,17,18). The number of hydrogen-bond donors (Lipinski definition) is 1. The second-order valence-corrected chi connectivity index (χ2v) is 6.49. The number of aliphatic imine (C=N–C) groups is 1. The molecule has 1 unspecified atom stereocenters. The van der Waals surface area contributed by atoms with Gasteiger partial charge in [-0.2, -0.15) is 0 Å². The molecule has 1 N–H and O–H groups in total. The summed E-state index contributed by atoms with van der Waals surface area (Å²) in [6, 6.07) is 9.19. The largest absolute Gasteiger partial charge is 0.354 e. The lowest BCUT2D eigenvalue weighted by atomic mass is 10.1. The first-order valence-electron chi connectivity index (χ1n) is 7.41. The fourth-order valence-corrected chi connectivity index (χ4v) is 2.93. The number of nitrogens with one attached hydrogen (secondary N) is 1. The first-order valence-corrected chi connectivity index (χ1v) is 8.64. The monoisotopic (exact) mass is 306 g/mol. The van der Waals surface area contributed by atoms with E-state index >= 15 is 0 Å². The molecule has 1 heterocycles. The summed E-state index contributed by atoms with van der Waals surface area (Å²) in [5, 5.41) is 3.51. The molecule has 0 aromatic heterocycles. The van der Waals surface area contributed by atoms with Crippen LogP contribution in [0, 0.1) is 0 Å². The van der Waals surface area contributed by atoms with Crippen LogP contribution in [0.15, 0.2) is 34.2 Å². The van der Waals surface area contributed by atoms with Gasteiger partial charge in [-0.1, -0.05) is 12.1 Å². The zero-order valence-corrected chi connectivity index (χ0v) is 14.3. The third-order valence-corrected chi connectivity index (χ3v) is 4.60. The van der Waals surface area contributed by atoms with Gasteiger partial charge in [-0.05, 0) is 44.5 Å². The Hall–Kier alpha value is -1.20. The summed E-state index contributed by atoms with van der Waals surface area (Å²) < 4.78 is 0. The molecule has 0 saturated heterocycles. The summed E-state index contributed by atoms with van der Waals surface area (Å²) in [6.07, 6.45) is 3.26. The summed E-state index contributed by atoms with van der Waals surface area (Å²) in [7, 11) is 6.35. The van der Waals surface area contributed by atoms with Gasteiger partial charge in [0.05, 0.1) is 6.04 Å². The van der Waals surface area contributed by atoms with E-state index in [2.05, 4.69) is 71.8 Å². The minimum atomic E-state index is 0.346. The van der Waals surface area contributed by atoms with Crippen LogP contribution in [0.1, 0.15) is 18.0 Å². The van der Waals surface area contributed by atoms with Gasteiger partial charge in [-0.3, -0.25) is 4.99 Å². The van der Waals surface area contributed by atoms with Crippen molar-refractivity contribution in [2.45, 2.75) is 17.4 Å². The molecule has 0 fully saturated rings. The number of nitrogens with zero attached hydrogens (tertiary/aromatic N) is 3. The third-order valence-electron chi connectivity index (χ3n) is 3.85. The minimum absolute atomic E-state index is 0.346. The fourth-order valence-electron chi connectivity index (χ4n) is 2.52. The summed E-state index contributed by atoms with van der Waals surface area (Å²) in [5.74, 6) is 1.02. The molecule has 0 bridgehead atoms. The van der Waals surface area contributed by atoms with Gasteiger partial charge in [-0.15, -0.1) is 11.8 Å². The van der Waals surface area contributed by atoms with E-state index in [-0.39, 0.29) is 0 Å². The second kappa shape index (κ2) is 7.71. The van der Waals surface area contributed by atoms with Crippen molar-refractivity contribution in [3.63, 3.8) is 0 Å². The van der Waals surface area contributed by atoms with E-state index in [0.717, 1.165) is 32.0 Å². The molecule has 1 atom stereocenters. The van der Waals surface area contributed by atoms with Crippen LogP contribution in [0.3, 0.4) is 0 Å². The molecule has 116 valence electrons. The number of guanidine groups is 1. The average molecular weight is 306 g/mol. The van der Waals surface area contributed by atoms with Crippen molar-refractivity contribution in [1.29, 1.82) is 0 Å². The highest BCUT2D eigenvalue weighted by molar-refractivity contribution is 7.98. The van der Waals surface area contributed by atoms with Gasteiger partial charge >= 0.3 is 0 Å². The molecule has 21 heavy (non-hydrogen) atoms. The zero-order valence-electron chi connectivity index (χ0n) is 13.5. The van der Waals surface area contributed by atoms with Crippen molar-refractivity contribution in [3.05, 3.63) is 29.8 Å². The number of hydrogen-bond acceptors (Lipinski definition) is 5. The van der Waals surface area contributed by atoms with Crippen molar-refractivity contribution in [2.24, 2.45) is 4.99 Å². The molecule has 1 aliphatic heterocycles. The first kappa shape index (κ1) is 16.2. The Morgan fingerprint density at radius 2 is 2.05 bits per heavy atom. The van der Waals surface area contributed by atoms with Crippen molar-refractivity contribution in [2.75, 3.05) is 47.0 Å². The van der Waals surface area contributed by atoms with Crippen LogP contribution in [0.4, 0.5) is 0 Å². The molecular formula is C16H26N4S. The predicted octanol–water partition coefficient (Wildman–Crippen LogP) is 2.29. The SMILES string of the molecule is CSc1ccc(C(CNC2=NCCCN2C)N(C)C)cc1. The highest BCUT2D eigenvalue weighted by Crippen LogP contribution is 2.21. The lowest BCUT2D eigenvalue weighted by molar-refractivity contribution is 0.294. The van der Waals surface area contributed by atoms with Crippen LogP contribution in [-0.2, 0) is 0 Å². The van der Waals surface area contributed by atoms with E-state index < -0.39 is 0 Å². The maximum Gasteiger partial charge on any atom is 0.193 e. The van der Waals surface area contributed by atoms with Crippen LogP contribution < -0.4 is 5.32 Å². The topological polar surface area (TPSA) is 30.9 Å². The average Bonchev–Trinajstić information content (AvgIpc) is 2.49. The molecule has 2 rings (SSSR count). The lowest BCUT2D eigenvalue weighted by Gasteiger charge is -2.30. The number of rotatable bonds is 5. The van der Waals surface area contributed by atoms with Crippen molar-refractivity contribution >= 4 is 17.7 Å². The van der Waals surface area contributed by atoms with Gasteiger partial charge in [-0.25, -0.2) is 0 Å². The highest BCUT2D eigenvalue weighted by atomic mass is 32.2. The Morgan fingerprint density at radius 1 is 1.33 bits per heavy atom. The molecule has 0 radical (unpaired) electrons. The van der Waals surface area contributed by atoms with Gasteiger partial charge in [0.25, 0.3) is 0 Å². The van der Waals surface area contributed by atoms with Crippen LogP contribution in [-0.4, -0.2) is 62.8 Å². The molecule has 4 nitrogen and oxygen atoms in total. The zero-order chi connectivity index (χ0) is 15.2. The molecule has 1 aromatic carbocycles. The Kier molecular flexibility index (Phi) is 5.94. The molecule has 0 saturated carbocycles. The summed E-state index contributed by atoms with van der Waals surface area (Å²) in [6.45, 7) is 2.89. The second-order valence-electron chi connectivity index (χ2n) is 5.61. The number of thioether (sulfide) groups is 1. The smallest absolute Gasteiger partial charge is 0.193 e. The van der Waals surface area contributed by atoms with Crippen molar-refractivity contribution in [1.82, 2.24) is 15.1 Å². The van der Waals surface area contributed by atoms with E-state index in [1.807, 2.05) is 0 Å². The van der Waals surface area contributed by atoms with Crippen LogP contribution >= 0.6 is 11.8 Å². The Balaban J connectivity index is 2.03. The molecular weight excluding hydrogens is 280 g/mol. The molecule has 1 aromatic rings. The maximum atomic E-state index is 4.57. The molecule has 5 heteroatoms. The van der Waals surface area contributed by atoms with Crippen LogP contribution in [0.2, 0.25) is 0 Å². The molecule has 0 aliphatic carbocycles. The molecule has 0 spiro atoms. The minimum Gasteiger partial charge on any atom is -0.354 e. The van der Waals surface area contributed by atoms with E-state index in [4.69, 9.17) is 0 Å². The van der Waals surface area contributed by atoms with Crippen molar-refractivity contribution in [3.8, 4) is 0 Å². The molecule has 1 aliphatic rings. The summed E-state index contributed by atoms with van der Waals surface area (Å²) in [4.78, 5) is 10.3. The highest BCUT2D eigenvalue weighted by Gasteiger charge is 2.17. The van der Waals surface area contributed by atoms with Gasteiger partial charge in [0.1, 0.15) is 0 Å². The van der Waals surface area contributed by atoms with Gasteiger partial charge < -0.3 is 15.1 Å². The van der Waals surface area contributed by atoms with E-state index in [0.29, 0.717) is 6.04 Å². The van der Waals surface area contributed by atoms with E-state index in [1.54, 1.807) is 11.8 Å². The summed E-state index contributed by atoms with van der Waals surface area (Å²) in [5.41, 5.74) is 1.34. The normalized spacial score (nSPS) is 16.8. The Bertz CT molecular complexity index is 470. The molecule has 0 amide bonds. The Morgan fingerprint density at radius 3 is 2.62 bits per heavy atom. The maximum absolute atomic E-state index is 4.57. The number of likely N-dealkylation sites (N-methyl/N-ethyl adjacent to an activating group) is 1. The third kappa shape index (κ3) is 4.38. The fraction of sp³-hybridized carbons (Fsp3) is 0.562. The van der Waals surface area contributed by atoms with Gasteiger partial charge in [0.2, 0.25) is 0 Å². The number of benzene rings is 1. The quantitative estimate of drug-likeness (QED) is 0.846. The van der Waals surface area contributed by atoms with Gasteiger partial charge in [0.15, 0.2) is 5.96 Å². The van der Waals surface area contributed by atoms with E-state index in [9.17, 15) is 0 Å². The van der Waals surface area contributed by atoms with Crippen LogP contribution in [0.25, 0.3) is 0 Å².